The van der Waals surface area contributed by atoms with Crippen LogP contribution in [0.3, 0.4) is 0 Å². The van der Waals surface area contributed by atoms with E-state index < -0.39 is 17.8 Å². The molecule has 3 saturated carbocycles. The molecule has 1 saturated heterocycles. The van der Waals surface area contributed by atoms with Crippen molar-refractivity contribution in [2.75, 3.05) is 23.9 Å². The predicted octanol–water partition coefficient (Wildman–Crippen LogP) is 10.4. The Labute approximate surface area is 328 Å². The minimum atomic E-state index is -0.403. The van der Waals surface area contributed by atoms with Crippen molar-refractivity contribution < 1.29 is 14.4 Å². The second kappa shape index (κ2) is 14.5. The molecule has 3 aliphatic carbocycles. The standard InChI is InChI=1S/C48H58N4O3/c1-47(2)36-24-13-15-26-38(36)49(5)40(47)30-28-32-18-17-19-33(29-31-41-48(3,4)37-25-14-16-27-39(37)50(41)6)42(32)43-44(53)51(34-20-9-7-10-21-34)46(55)52(45(43)54)35-22-11-8-12-23-35/h13-16,24-31,34-35H,7-12,17-23H2,1-6H3/b32-28+,33-29+,40-30+,41-31+. The van der Waals surface area contributed by atoms with Gasteiger partial charge in [-0.3, -0.25) is 19.4 Å². The zero-order valence-electron chi connectivity index (χ0n) is 33.8. The molecular formula is C48H58N4O3. The molecule has 288 valence electrons. The Balaban J connectivity index is 1.31. The average Bonchev–Trinajstić information content (AvgIpc) is 3.50. The van der Waals surface area contributed by atoms with Gasteiger partial charge in [0.25, 0.3) is 11.8 Å². The van der Waals surface area contributed by atoms with Crippen LogP contribution in [-0.4, -0.2) is 53.8 Å². The third-order valence-corrected chi connectivity index (χ3v) is 13.7. The summed E-state index contributed by atoms with van der Waals surface area (Å²) < 4.78 is 0. The summed E-state index contributed by atoms with van der Waals surface area (Å²) in [7, 11) is 4.24. The highest BCUT2D eigenvalue weighted by atomic mass is 16.2. The Morgan fingerprint density at radius 1 is 0.527 bits per heavy atom. The number of imide groups is 2. The second-order valence-corrected chi connectivity index (χ2v) is 17.7. The SMILES string of the molecule is CN1/C(=C/C=C2\CCC/C(=C\C=C3\N(C)c4ccccc4C3(C)C)C2=C2C(=O)N(C3CCCCC3)C(=O)N(C3CCCCC3)C2=O)C(C)(C)c2ccccc21. The molecule has 0 spiro atoms. The van der Waals surface area contributed by atoms with Crippen molar-refractivity contribution >= 4 is 29.2 Å². The smallest absolute Gasteiger partial charge is 0.334 e. The molecule has 0 N–H and O–H groups in total. The van der Waals surface area contributed by atoms with Crippen LogP contribution in [0.25, 0.3) is 0 Å². The van der Waals surface area contributed by atoms with Crippen molar-refractivity contribution in [2.24, 2.45) is 0 Å². The van der Waals surface area contributed by atoms with Gasteiger partial charge in [0, 0.05) is 59.8 Å². The van der Waals surface area contributed by atoms with E-state index in [0.717, 1.165) is 100 Å². The summed E-state index contributed by atoms with van der Waals surface area (Å²) in [4.78, 5) is 52.3. The largest absolute Gasteiger partial charge is 0.347 e. The first kappa shape index (κ1) is 37.3. The van der Waals surface area contributed by atoms with Crippen LogP contribution in [0.1, 0.15) is 122 Å². The van der Waals surface area contributed by atoms with Crippen LogP contribution in [0.15, 0.2) is 107 Å². The van der Waals surface area contributed by atoms with Gasteiger partial charge in [0.2, 0.25) is 0 Å². The Kier molecular flexibility index (Phi) is 9.80. The lowest BCUT2D eigenvalue weighted by Gasteiger charge is -2.44. The molecular weight excluding hydrogens is 681 g/mol. The van der Waals surface area contributed by atoms with Gasteiger partial charge >= 0.3 is 6.03 Å². The van der Waals surface area contributed by atoms with Gasteiger partial charge in [0.1, 0.15) is 5.57 Å². The number of anilines is 2. The van der Waals surface area contributed by atoms with E-state index in [-0.39, 0.29) is 28.5 Å². The summed E-state index contributed by atoms with van der Waals surface area (Å²) in [5.41, 5.74) is 9.74. The monoisotopic (exact) mass is 738 g/mol. The maximum Gasteiger partial charge on any atom is 0.334 e. The number of urea groups is 1. The van der Waals surface area contributed by atoms with Crippen molar-refractivity contribution in [3.05, 3.63) is 118 Å². The van der Waals surface area contributed by atoms with Gasteiger partial charge in [-0.1, -0.05) is 115 Å². The molecule has 0 aromatic heterocycles. The molecule has 7 nitrogen and oxygen atoms in total. The normalized spacial score (nSPS) is 26.3. The van der Waals surface area contributed by atoms with Gasteiger partial charge in [0.15, 0.2) is 0 Å². The lowest BCUT2D eigenvalue weighted by atomic mass is 9.79. The van der Waals surface area contributed by atoms with Gasteiger partial charge in [-0.15, -0.1) is 0 Å². The molecule has 0 bridgehead atoms. The molecule has 6 aliphatic rings. The Morgan fingerprint density at radius 3 is 1.33 bits per heavy atom. The molecule has 2 aromatic carbocycles. The molecule has 55 heavy (non-hydrogen) atoms. The first-order valence-corrected chi connectivity index (χ1v) is 20.9. The fraction of sp³-hybridized carbons (Fsp3) is 0.479. The molecule has 0 atom stereocenters. The van der Waals surface area contributed by atoms with E-state index in [1.807, 2.05) is 0 Å². The van der Waals surface area contributed by atoms with E-state index in [1.54, 1.807) is 0 Å². The van der Waals surface area contributed by atoms with Crippen LogP contribution in [0.2, 0.25) is 0 Å². The number of allylic oxidation sites excluding steroid dienone is 9. The number of likely N-dealkylation sites (N-methyl/N-ethyl adjacent to an activating group) is 2. The van der Waals surface area contributed by atoms with Gasteiger partial charge in [-0.2, -0.15) is 0 Å². The molecule has 3 heterocycles. The third-order valence-electron chi connectivity index (χ3n) is 13.7. The summed E-state index contributed by atoms with van der Waals surface area (Å²) in [5, 5.41) is 0. The molecule has 8 rings (SSSR count). The summed E-state index contributed by atoms with van der Waals surface area (Å²) in [6, 6.07) is 16.4. The number of para-hydroxylation sites is 2. The van der Waals surface area contributed by atoms with Crippen molar-refractivity contribution in [1.82, 2.24) is 9.80 Å². The number of rotatable bonds is 4. The lowest BCUT2D eigenvalue weighted by molar-refractivity contribution is -0.139. The van der Waals surface area contributed by atoms with E-state index in [1.165, 1.54) is 43.7 Å². The van der Waals surface area contributed by atoms with Crippen molar-refractivity contribution in [2.45, 2.75) is 134 Å². The van der Waals surface area contributed by atoms with Crippen LogP contribution in [0, 0.1) is 0 Å². The van der Waals surface area contributed by atoms with Crippen molar-refractivity contribution in [1.29, 1.82) is 0 Å². The van der Waals surface area contributed by atoms with Crippen LogP contribution >= 0.6 is 0 Å². The number of carbonyl (C=O) groups excluding carboxylic acids is 3. The van der Waals surface area contributed by atoms with Crippen LogP contribution in [0.4, 0.5) is 16.2 Å². The number of hydrogen-bond donors (Lipinski definition) is 0. The zero-order chi connectivity index (χ0) is 38.6. The summed E-state index contributed by atoms with van der Waals surface area (Å²) in [6.45, 7) is 9.05. The second-order valence-electron chi connectivity index (χ2n) is 17.7. The average molecular weight is 739 g/mol. The van der Waals surface area contributed by atoms with Crippen molar-refractivity contribution in [3.8, 4) is 0 Å². The summed E-state index contributed by atoms with van der Waals surface area (Å²) >= 11 is 0. The van der Waals surface area contributed by atoms with E-state index in [4.69, 9.17) is 0 Å². The molecule has 0 unspecified atom stereocenters. The number of barbiturate groups is 1. The number of nitrogens with zero attached hydrogens (tertiary/aromatic N) is 4. The highest BCUT2D eigenvalue weighted by molar-refractivity contribution is 6.30. The van der Waals surface area contributed by atoms with Crippen LogP contribution in [0.5, 0.6) is 0 Å². The van der Waals surface area contributed by atoms with E-state index in [2.05, 4.69) is 124 Å². The zero-order valence-corrected chi connectivity index (χ0v) is 33.8. The van der Waals surface area contributed by atoms with E-state index in [0.29, 0.717) is 0 Å². The Bertz CT molecular complexity index is 1920. The quantitative estimate of drug-likeness (QED) is 0.231. The highest BCUT2D eigenvalue weighted by Crippen LogP contribution is 2.49. The Morgan fingerprint density at radius 2 is 0.927 bits per heavy atom. The minimum Gasteiger partial charge on any atom is -0.347 e. The maximum absolute atomic E-state index is 15.1. The van der Waals surface area contributed by atoms with E-state index >= 15 is 9.59 Å². The fourth-order valence-electron chi connectivity index (χ4n) is 10.7. The number of benzene rings is 2. The molecule has 0 radical (unpaired) electrons. The molecule has 3 aliphatic heterocycles. The van der Waals surface area contributed by atoms with Crippen molar-refractivity contribution in [3.63, 3.8) is 0 Å². The predicted molar refractivity (Wildman–Crippen MR) is 222 cm³/mol. The number of fused-ring (bicyclic) bond motifs is 2. The number of amides is 4. The first-order valence-electron chi connectivity index (χ1n) is 20.9. The van der Waals surface area contributed by atoms with Gasteiger partial charge in [-0.25, -0.2) is 4.79 Å². The topological polar surface area (TPSA) is 64.2 Å². The minimum absolute atomic E-state index is 0.186. The number of carbonyl (C=O) groups is 3. The summed E-state index contributed by atoms with van der Waals surface area (Å²) in [5.74, 6) is -0.807. The van der Waals surface area contributed by atoms with Crippen LogP contribution in [-0.2, 0) is 20.4 Å². The lowest BCUT2D eigenvalue weighted by Crippen LogP contribution is -2.62. The fourth-order valence-corrected chi connectivity index (χ4v) is 10.7. The van der Waals surface area contributed by atoms with Gasteiger partial charge in [0.05, 0.1) is 0 Å². The molecule has 4 amide bonds. The third kappa shape index (κ3) is 6.22. The van der Waals surface area contributed by atoms with Gasteiger partial charge in [-0.05, 0) is 97.1 Å². The van der Waals surface area contributed by atoms with Gasteiger partial charge < -0.3 is 9.80 Å². The summed E-state index contributed by atoms with van der Waals surface area (Å²) in [6.07, 6.45) is 20.5. The molecule has 7 heteroatoms. The Hall–Kier alpha value is -4.65. The maximum atomic E-state index is 15.1. The highest BCUT2D eigenvalue weighted by Gasteiger charge is 2.50. The number of hydrogen-bond acceptors (Lipinski definition) is 5. The molecule has 4 fully saturated rings. The van der Waals surface area contributed by atoms with E-state index in [9.17, 15) is 4.79 Å². The molecule has 2 aromatic rings. The first-order chi connectivity index (χ1) is 26.4. The van der Waals surface area contributed by atoms with Crippen LogP contribution < -0.4 is 9.80 Å².